The highest BCUT2D eigenvalue weighted by Crippen LogP contribution is 2.31. The first-order chi connectivity index (χ1) is 14.6. The standard InChI is InChI=1S/C21H23F3N2O4S/c1-16-4-2-6-18(14-16)30-13-8-20(27)25-9-11-26(12-10-25)31(28,29)19-7-3-5-17(15-19)21(22,23)24/h2-7,14-15H,8-13H2,1H3. The predicted molar refractivity (Wildman–Crippen MR) is 108 cm³/mol. The number of nitrogens with zero attached hydrogens (tertiary/aromatic N) is 2. The van der Waals surface area contributed by atoms with Gasteiger partial charge in [-0.3, -0.25) is 4.79 Å². The van der Waals surface area contributed by atoms with Crippen LogP contribution in [0.1, 0.15) is 17.5 Å². The van der Waals surface area contributed by atoms with Gasteiger partial charge in [-0.2, -0.15) is 17.5 Å². The van der Waals surface area contributed by atoms with Crippen LogP contribution in [0.5, 0.6) is 5.75 Å². The van der Waals surface area contributed by atoms with Crippen LogP contribution in [-0.4, -0.2) is 56.3 Å². The van der Waals surface area contributed by atoms with Gasteiger partial charge in [-0.1, -0.05) is 18.2 Å². The van der Waals surface area contributed by atoms with Gasteiger partial charge in [-0.05, 0) is 42.8 Å². The van der Waals surface area contributed by atoms with E-state index in [-0.39, 0.29) is 45.1 Å². The highest BCUT2D eigenvalue weighted by Gasteiger charge is 2.34. The smallest absolute Gasteiger partial charge is 0.416 e. The lowest BCUT2D eigenvalue weighted by Crippen LogP contribution is -2.50. The molecule has 6 nitrogen and oxygen atoms in total. The predicted octanol–water partition coefficient (Wildman–Crippen LogP) is 3.32. The number of amides is 1. The van der Waals surface area contributed by atoms with Crippen molar-refractivity contribution in [3.8, 4) is 5.75 Å². The SMILES string of the molecule is Cc1cccc(OCCC(=O)N2CCN(S(=O)(=O)c3cccc(C(F)(F)F)c3)CC2)c1. The lowest BCUT2D eigenvalue weighted by Gasteiger charge is -2.34. The fourth-order valence-electron chi connectivity index (χ4n) is 3.28. The lowest BCUT2D eigenvalue weighted by molar-refractivity contribution is -0.137. The van der Waals surface area contributed by atoms with Crippen molar-refractivity contribution in [1.29, 1.82) is 0 Å². The molecular formula is C21H23F3N2O4S. The summed E-state index contributed by atoms with van der Waals surface area (Å²) in [5.74, 6) is 0.508. The third-order valence-corrected chi connectivity index (χ3v) is 6.86. The van der Waals surface area contributed by atoms with Crippen LogP contribution in [0.3, 0.4) is 0 Å². The van der Waals surface area contributed by atoms with Crippen molar-refractivity contribution in [3.05, 3.63) is 59.7 Å². The number of rotatable bonds is 6. The van der Waals surface area contributed by atoms with Crippen LogP contribution in [-0.2, 0) is 21.0 Å². The molecule has 2 aromatic rings. The molecule has 0 spiro atoms. The first kappa shape index (κ1) is 23.1. The van der Waals surface area contributed by atoms with Gasteiger partial charge in [0, 0.05) is 26.2 Å². The van der Waals surface area contributed by atoms with Gasteiger partial charge in [-0.15, -0.1) is 0 Å². The average Bonchev–Trinajstić information content (AvgIpc) is 2.73. The summed E-state index contributed by atoms with van der Waals surface area (Å²) in [5.41, 5.74) is 0.0259. The number of piperazine rings is 1. The highest BCUT2D eigenvalue weighted by atomic mass is 32.2. The third-order valence-electron chi connectivity index (χ3n) is 4.96. The summed E-state index contributed by atoms with van der Waals surface area (Å²) in [7, 11) is -4.08. The number of carbonyl (C=O) groups is 1. The van der Waals surface area contributed by atoms with Gasteiger partial charge in [0.05, 0.1) is 23.5 Å². The van der Waals surface area contributed by atoms with Crippen LogP contribution < -0.4 is 4.74 Å². The summed E-state index contributed by atoms with van der Waals surface area (Å²) in [6, 6.07) is 11.1. The molecule has 0 aromatic heterocycles. The van der Waals surface area contributed by atoms with E-state index in [0.29, 0.717) is 11.8 Å². The van der Waals surface area contributed by atoms with E-state index in [0.717, 1.165) is 28.1 Å². The maximum absolute atomic E-state index is 12.9. The fraction of sp³-hybridized carbons (Fsp3) is 0.381. The van der Waals surface area contributed by atoms with Crippen LogP contribution in [0.25, 0.3) is 0 Å². The summed E-state index contributed by atoms with van der Waals surface area (Å²) in [6.07, 6.45) is -4.48. The molecule has 168 valence electrons. The minimum Gasteiger partial charge on any atom is -0.493 e. The zero-order valence-corrected chi connectivity index (χ0v) is 17.7. The van der Waals surface area contributed by atoms with E-state index in [1.54, 1.807) is 6.07 Å². The maximum Gasteiger partial charge on any atom is 0.416 e. The van der Waals surface area contributed by atoms with Crippen molar-refractivity contribution in [2.75, 3.05) is 32.8 Å². The molecule has 0 radical (unpaired) electrons. The van der Waals surface area contributed by atoms with E-state index in [1.165, 1.54) is 4.90 Å². The Kier molecular flexibility index (Phi) is 6.90. The Labute approximate surface area is 179 Å². The molecule has 2 aromatic carbocycles. The Balaban J connectivity index is 1.54. The first-order valence-electron chi connectivity index (χ1n) is 9.72. The van der Waals surface area contributed by atoms with Crippen molar-refractivity contribution in [2.45, 2.75) is 24.4 Å². The molecule has 0 aliphatic carbocycles. The van der Waals surface area contributed by atoms with E-state index in [9.17, 15) is 26.4 Å². The van der Waals surface area contributed by atoms with E-state index >= 15 is 0 Å². The zero-order valence-electron chi connectivity index (χ0n) is 16.9. The molecule has 1 aliphatic heterocycles. The van der Waals surface area contributed by atoms with E-state index in [4.69, 9.17) is 4.74 Å². The zero-order chi connectivity index (χ0) is 22.6. The molecule has 1 heterocycles. The number of sulfonamides is 1. The van der Waals surface area contributed by atoms with Gasteiger partial charge in [-0.25, -0.2) is 8.42 Å². The largest absolute Gasteiger partial charge is 0.493 e. The van der Waals surface area contributed by atoms with Gasteiger partial charge in [0.15, 0.2) is 0 Å². The molecular weight excluding hydrogens is 433 g/mol. The van der Waals surface area contributed by atoms with Gasteiger partial charge >= 0.3 is 6.18 Å². The Bertz CT molecular complexity index is 1030. The number of ether oxygens (including phenoxy) is 1. The molecule has 0 atom stereocenters. The molecule has 1 fully saturated rings. The topological polar surface area (TPSA) is 66.9 Å². The molecule has 0 N–H and O–H groups in total. The summed E-state index contributed by atoms with van der Waals surface area (Å²) in [6.45, 7) is 2.50. The number of halogens is 3. The average molecular weight is 456 g/mol. The van der Waals surface area contributed by atoms with E-state index < -0.39 is 26.7 Å². The molecule has 0 unspecified atom stereocenters. The molecule has 3 rings (SSSR count). The molecule has 0 saturated carbocycles. The van der Waals surface area contributed by atoms with Crippen LogP contribution in [0, 0.1) is 6.92 Å². The van der Waals surface area contributed by atoms with Crippen LogP contribution in [0.4, 0.5) is 13.2 Å². The van der Waals surface area contributed by atoms with Gasteiger partial charge in [0.2, 0.25) is 15.9 Å². The number of benzene rings is 2. The van der Waals surface area contributed by atoms with Crippen molar-refractivity contribution >= 4 is 15.9 Å². The monoisotopic (exact) mass is 456 g/mol. The van der Waals surface area contributed by atoms with Gasteiger partial charge in [0.25, 0.3) is 0 Å². The Morgan fingerprint density at radius 3 is 2.35 bits per heavy atom. The number of hydrogen-bond donors (Lipinski definition) is 0. The molecule has 10 heteroatoms. The van der Waals surface area contributed by atoms with Crippen molar-refractivity contribution in [3.63, 3.8) is 0 Å². The Morgan fingerprint density at radius 2 is 1.71 bits per heavy atom. The normalized spacial score (nSPS) is 15.7. The number of aryl methyl sites for hydroxylation is 1. The lowest BCUT2D eigenvalue weighted by atomic mass is 10.2. The third kappa shape index (κ3) is 5.76. The van der Waals surface area contributed by atoms with E-state index in [1.807, 2.05) is 25.1 Å². The van der Waals surface area contributed by atoms with Crippen molar-refractivity contribution in [2.24, 2.45) is 0 Å². The number of alkyl halides is 3. The van der Waals surface area contributed by atoms with E-state index in [2.05, 4.69) is 0 Å². The maximum atomic E-state index is 12.9. The molecule has 31 heavy (non-hydrogen) atoms. The molecule has 1 saturated heterocycles. The molecule has 1 amide bonds. The first-order valence-corrected chi connectivity index (χ1v) is 11.2. The number of carbonyl (C=O) groups excluding carboxylic acids is 1. The minimum absolute atomic E-state index is 0.0169. The highest BCUT2D eigenvalue weighted by molar-refractivity contribution is 7.89. The minimum atomic E-state index is -4.63. The quantitative estimate of drug-likeness (QED) is 0.669. The molecule has 0 bridgehead atoms. The second-order valence-corrected chi connectivity index (χ2v) is 9.16. The summed E-state index contributed by atoms with van der Waals surface area (Å²) in [4.78, 5) is 13.5. The Morgan fingerprint density at radius 1 is 1.03 bits per heavy atom. The van der Waals surface area contributed by atoms with Gasteiger partial charge < -0.3 is 9.64 Å². The second kappa shape index (κ2) is 9.27. The van der Waals surface area contributed by atoms with Crippen molar-refractivity contribution < 1.29 is 31.1 Å². The van der Waals surface area contributed by atoms with Gasteiger partial charge in [0.1, 0.15) is 5.75 Å². The molecule has 1 aliphatic rings. The fourth-order valence-corrected chi connectivity index (χ4v) is 4.75. The summed E-state index contributed by atoms with van der Waals surface area (Å²) < 4.78 is 70.9. The number of hydrogen-bond acceptors (Lipinski definition) is 4. The summed E-state index contributed by atoms with van der Waals surface area (Å²) >= 11 is 0. The van der Waals surface area contributed by atoms with Crippen LogP contribution >= 0.6 is 0 Å². The second-order valence-electron chi connectivity index (χ2n) is 7.23. The van der Waals surface area contributed by atoms with Crippen molar-refractivity contribution in [1.82, 2.24) is 9.21 Å². The van der Waals surface area contributed by atoms with Crippen LogP contribution in [0.15, 0.2) is 53.4 Å². The summed E-state index contributed by atoms with van der Waals surface area (Å²) in [5, 5.41) is 0. The van der Waals surface area contributed by atoms with Crippen LogP contribution in [0.2, 0.25) is 0 Å². The Hall–Kier alpha value is -2.59.